The van der Waals surface area contributed by atoms with Gasteiger partial charge in [0, 0.05) is 19.4 Å². The van der Waals surface area contributed by atoms with Gasteiger partial charge in [-0.05, 0) is 12.0 Å². The van der Waals surface area contributed by atoms with Crippen LogP contribution in [0.15, 0.2) is 24.5 Å². The number of nitrogens with zero attached hydrogens (tertiary/aromatic N) is 2. The van der Waals surface area contributed by atoms with E-state index in [9.17, 15) is 4.79 Å². The van der Waals surface area contributed by atoms with Crippen LogP contribution in [0, 0.1) is 5.92 Å². The Labute approximate surface area is 78.1 Å². The van der Waals surface area contributed by atoms with Crippen molar-refractivity contribution in [2.45, 2.75) is 13.8 Å². The number of allylic oxidation sites excluding steroid dienone is 2. The smallest absolute Gasteiger partial charge is 0.220 e. The van der Waals surface area contributed by atoms with Crippen LogP contribution in [0.25, 0.3) is 0 Å². The molecule has 70 valence electrons. The highest BCUT2D eigenvalue weighted by Crippen LogP contribution is 2.00. The van der Waals surface area contributed by atoms with Crippen LogP contribution in [0.3, 0.4) is 0 Å². The Balaban J connectivity index is 2.75. The largest absolute Gasteiger partial charge is 0.331 e. The molecule has 3 heteroatoms. The van der Waals surface area contributed by atoms with Crippen molar-refractivity contribution in [3.8, 4) is 0 Å². The molecule has 0 bridgehead atoms. The first-order valence-electron chi connectivity index (χ1n) is 4.31. The van der Waals surface area contributed by atoms with E-state index in [1.807, 2.05) is 27.0 Å². The lowest BCUT2D eigenvalue weighted by molar-refractivity contribution is 0.103. The molecule has 0 aliphatic heterocycles. The second kappa shape index (κ2) is 4.03. The Morgan fingerprint density at radius 3 is 2.77 bits per heavy atom. The van der Waals surface area contributed by atoms with Crippen molar-refractivity contribution in [3.63, 3.8) is 0 Å². The molecule has 0 unspecified atom stereocenters. The van der Waals surface area contributed by atoms with Gasteiger partial charge in [-0.1, -0.05) is 19.9 Å². The molecule has 0 saturated heterocycles. The Morgan fingerprint density at radius 2 is 2.31 bits per heavy atom. The van der Waals surface area contributed by atoms with Gasteiger partial charge in [0.05, 0.1) is 0 Å². The van der Waals surface area contributed by atoms with Crippen LogP contribution in [0.4, 0.5) is 0 Å². The lowest BCUT2D eigenvalue weighted by atomic mass is 10.2. The van der Waals surface area contributed by atoms with Crippen LogP contribution in [-0.2, 0) is 7.05 Å². The highest BCUT2D eigenvalue weighted by molar-refractivity contribution is 6.01. The molecule has 0 amide bonds. The Bertz CT molecular complexity index is 323. The van der Waals surface area contributed by atoms with Crippen LogP contribution < -0.4 is 0 Å². The van der Waals surface area contributed by atoms with Gasteiger partial charge in [0.15, 0.2) is 5.82 Å². The van der Waals surface area contributed by atoms with Gasteiger partial charge in [-0.15, -0.1) is 0 Å². The zero-order chi connectivity index (χ0) is 9.84. The van der Waals surface area contributed by atoms with E-state index in [2.05, 4.69) is 4.98 Å². The molecule has 1 heterocycles. The molecule has 1 aromatic heterocycles. The molecule has 1 rings (SSSR count). The maximum atomic E-state index is 11.5. The van der Waals surface area contributed by atoms with Gasteiger partial charge in [-0.2, -0.15) is 0 Å². The molecule has 0 N–H and O–H groups in total. The van der Waals surface area contributed by atoms with Gasteiger partial charge < -0.3 is 4.57 Å². The van der Waals surface area contributed by atoms with Crippen molar-refractivity contribution >= 4 is 5.78 Å². The average molecular weight is 178 g/mol. The van der Waals surface area contributed by atoms with E-state index in [0.717, 1.165) is 0 Å². The lowest BCUT2D eigenvalue weighted by Crippen LogP contribution is -2.04. The molecule has 0 saturated carbocycles. The predicted molar refractivity (Wildman–Crippen MR) is 51.5 cm³/mol. The van der Waals surface area contributed by atoms with Crippen molar-refractivity contribution in [1.82, 2.24) is 9.55 Å². The lowest BCUT2D eigenvalue weighted by Gasteiger charge is -1.96. The van der Waals surface area contributed by atoms with Crippen molar-refractivity contribution in [3.05, 3.63) is 30.4 Å². The maximum absolute atomic E-state index is 11.5. The number of aromatic nitrogens is 2. The van der Waals surface area contributed by atoms with E-state index in [1.165, 1.54) is 0 Å². The van der Waals surface area contributed by atoms with E-state index in [4.69, 9.17) is 0 Å². The SMILES string of the molecule is CC(C)/C=C/C(=O)c1nccn1C. The van der Waals surface area contributed by atoms with E-state index in [1.54, 1.807) is 23.0 Å². The Kier molecular flexibility index (Phi) is 3.01. The first-order chi connectivity index (χ1) is 6.11. The molecule has 1 aromatic rings. The third-order valence-corrected chi connectivity index (χ3v) is 1.67. The first kappa shape index (κ1) is 9.71. The maximum Gasteiger partial charge on any atom is 0.220 e. The number of aryl methyl sites for hydroxylation is 1. The molecule has 3 nitrogen and oxygen atoms in total. The average Bonchev–Trinajstić information content (AvgIpc) is 2.47. The minimum absolute atomic E-state index is 0.0406. The standard InChI is InChI=1S/C10H14N2O/c1-8(2)4-5-9(13)10-11-6-7-12(10)3/h4-8H,1-3H3/b5-4+. The second-order valence-corrected chi connectivity index (χ2v) is 3.33. The summed E-state index contributed by atoms with van der Waals surface area (Å²) in [6, 6.07) is 0. The quantitative estimate of drug-likeness (QED) is 0.522. The zero-order valence-corrected chi connectivity index (χ0v) is 8.19. The molecular formula is C10H14N2O. The fourth-order valence-corrected chi connectivity index (χ4v) is 0.957. The van der Waals surface area contributed by atoms with Crippen LogP contribution in [0.5, 0.6) is 0 Å². The van der Waals surface area contributed by atoms with Crippen molar-refractivity contribution in [2.75, 3.05) is 0 Å². The number of imidazole rings is 1. The van der Waals surface area contributed by atoms with Crippen molar-refractivity contribution in [1.29, 1.82) is 0 Å². The summed E-state index contributed by atoms with van der Waals surface area (Å²) in [5.41, 5.74) is 0. The number of carbonyl (C=O) groups excluding carboxylic acids is 1. The van der Waals surface area contributed by atoms with Gasteiger partial charge >= 0.3 is 0 Å². The molecule has 0 aliphatic carbocycles. The Morgan fingerprint density at radius 1 is 1.62 bits per heavy atom. The number of hydrogen-bond acceptors (Lipinski definition) is 2. The van der Waals surface area contributed by atoms with E-state index >= 15 is 0 Å². The highest BCUT2D eigenvalue weighted by Gasteiger charge is 2.06. The summed E-state index contributed by atoms with van der Waals surface area (Å²) in [6.45, 7) is 4.06. The molecule has 0 spiro atoms. The molecule has 0 aromatic carbocycles. The van der Waals surface area contributed by atoms with Gasteiger partial charge in [-0.25, -0.2) is 4.98 Å². The topological polar surface area (TPSA) is 34.9 Å². The fraction of sp³-hybridized carbons (Fsp3) is 0.400. The summed E-state index contributed by atoms with van der Waals surface area (Å²) >= 11 is 0. The fourth-order valence-electron chi connectivity index (χ4n) is 0.957. The van der Waals surface area contributed by atoms with Crippen LogP contribution in [0.2, 0.25) is 0 Å². The summed E-state index contributed by atoms with van der Waals surface area (Å²) in [5, 5.41) is 0. The van der Waals surface area contributed by atoms with E-state index in [-0.39, 0.29) is 5.78 Å². The van der Waals surface area contributed by atoms with E-state index in [0.29, 0.717) is 11.7 Å². The third-order valence-electron chi connectivity index (χ3n) is 1.67. The summed E-state index contributed by atoms with van der Waals surface area (Å²) in [5.74, 6) is 0.835. The van der Waals surface area contributed by atoms with Gasteiger partial charge in [0.25, 0.3) is 0 Å². The van der Waals surface area contributed by atoms with Crippen molar-refractivity contribution < 1.29 is 4.79 Å². The molecule has 0 aliphatic rings. The van der Waals surface area contributed by atoms with Crippen LogP contribution >= 0.6 is 0 Å². The van der Waals surface area contributed by atoms with Crippen molar-refractivity contribution in [2.24, 2.45) is 13.0 Å². The van der Waals surface area contributed by atoms with Crippen LogP contribution in [0.1, 0.15) is 24.5 Å². The normalized spacial score (nSPS) is 11.4. The molecule has 0 radical (unpaired) electrons. The highest BCUT2D eigenvalue weighted by atomic mass is 16.1. The minimum atomic E-state index is -0.0406. The molecule has 13 heavy (non-hydrogen) atoms. The van der Waals surface area contributed by atoms with Gasteiger partial charge in [-0.3, -0.25) is 4.79 Å². The van der Waals surface area contributed by atoms with Gasteiger partial charge in [0.2, 0.25) is 5.78 Å². The monoisotopic (exact) mass is 178 g/mol. The summed E-state index contributed by atoms with van der Waals surface area (Å²) in [7, 11) is 1.81. The second-order valence-electron chi connectivity index (χ2n) is 3.33. The van der Waals surface area contributed by atoms with Crippen LogP contribution in [-0.4, -0.2) is 15.3 Å². The number of rotatable bonds is 3. The summed E-state index contributed by atoms with van der Waals surface area (Å²) in [4.78, 5) is 15.4. The number of ketones is 1. The summed E-state index contributed by atoms with van der Waals surface area (Å²) < 4.78 is 1.72. The first-order valence-corrected chi connectivity index (χ1v) is 4.31. The third kappa shape index (κ3) is 2.54. The molecule has 0 atom stereocenters. The Hall–Kier alpha value is -1.38. The molecular weight excluding hydrogens is 164 g/mol. The number of carbonyl (C=O) groups is 1. The van der Waals surface area contributed by atoms with E-state index < -0.39 is 0 Å². The molecule has 0 fully saturated rings. The predicted octanol–water partition coefficient (Wildman–Crippen LogP) is 1.81. The summed E-state index contributed by atoms with van der Waals surface area (Å²) in [6.07, 6.45) is 6.83. The van der Waals surface area contributed by atoms with Gasteiger partial charge in [0.1, 0.15) is 0 Å². The zero-order valence-electron chi connectivity index (χ0n) is 8.19. The number of hydrogen-bond donors (Lipinski definition) is 0. The minimum Gasteiger partial charge on any atom is -0.331 e.